The zero-order valence-electron chi connectivity index (χ0n) is 65.0. The van der Waals surface area contributed by atoms with Crippen LogP contribution in [0, 0.1) is 0 Å². The van der Waals surface area contributed by atoms with Gasteiger partial charge < -0.3 is 34.6 Å². The highest BCUT2D eigenvalue weighted by atomic mass is 35.5. The molecule has 0 bridgehead atoms. The lowest BCUT2D eigenvalue weighted by atomic mass is 9.95. The molecule has 4 N–H and O–H groups in total. The third-order valence-corrected chi connectivity index (χ3v) is 28.0. The Hall–Kier alpha value is -11.7. The molecule has 0 saturated carbocycles. The van der Waals surface area contributed by atoms with Gasteiger partial charge in [-0.2, -0.15) is 0 Å². The van der Waals surface area contributed by atoms with Gasteiger partial charge in [-0.15, -0.1) is 79.4 Å². The van der Waals surface area contributed by atoms with Gasteiger partial charge in [0.25, 0.3) is 0 Å². The molecule has 0 fully saturated rings. The maximum absolute atomic E-state index is 13.8. The zero-order chi connectivity index (χ0) is 85.3. The van der Waals surface area contributed by atoms with Gasteiger partial charge in [-0.3, -0.25) is 19.2 Å². The molecule has 0 radical (unpaired) electrons. The fourth-order valence-corrected chi connectivity index (χ4v) is 21.4. The molecular weight excluding hydrogens is 1730 g/mol. The van der Waals surface area contributed by atoms with Crippen molar-refractivity contribution in [1.29, 1.82) is 0 Å². The van der Waals surface area contributed by atoms with Crippen LogP contribution in [0.3, 0.4) is 0 Å². The number of hydrogen-bond donors (Lipinski definition) is 4. The van der Waals surface area contributed by atoms with Crippen LogP contribution >= 0.6 is 114 Å². The van der Waals surface area contributed by atoms with E-state index < -0.39 is 17.9 Å². The number of ketones is 4. The molecule has 24 heteroatoms. The van der Waals surface area contributed by atoms with Crippen LogP contribution in [-0.2, 0) is 39.1 Å². The van der Waals surface area contributed by atoms with Crippen molar-refractivity contribution >= 4 is 196 Å². The number of hydrogen-bond acceptors (Lipinski definition) is 18. The van der Waals surface area contributed by atoms with E-state index in [4.69, 9.17) is 49.0 Å². The predicted molar refractivity (Wildman–Crippen MR) is 499 cm³/mol. The molecule has 122 heavy (non-hydrogen) atoms. The first-order chi connectivity index (χ1) is 59.3. The molecule has 612 valence electrons. The lowest BCUT2D eigenvalue weighted by Crippen LogP contribution is -2.08. The van der Waals surface area contributed by atoms with E-state index in [1.807, 2.05) is 206 Å². The first kappa shape index (κ1) is 86.7. The molecular formula is C98H73Cl3O14S7. The zero-order valence-corrected chi connectivity index (χ0v) is 73.0. The molecule has 14 nitrogen and oxygen atoms in total. The number of aromatic carboxylic acids is 3. The quantitative estimate of drug-likeness (QED) is 0.0253. The van der Waals surface area contributed by atoms with Crippen LogP contribution in [0.4, 0.5) is 0 Å². The molecule has 10 aromatic carbocycles. The van der Waals surface area contributed by atoms with Crippen LogP contribution in [-0.4, -0.2) is 61.5 Å². The van der Waals surface area contributed by atoms with E-state index in [0.717, 1.165) is 98.0 Å². The second kappa shape index (κ2) is 40.8. The monoisotopic (exact) mass is 1800 g/mol. The van der Waals surface area contributed by atoms with Crippen molar-refractivity contribution in [2.75, 3.05) is 0 Å². The topological polar surface area (TPSA) is 228 Å². The normalized spacial score (nSPS) is 11.0. The number of Topliss-reactive ketones (excluding diaryl/α,β-unsaturated/α-hetero) is 4. The molecule has 0 saturated heterocycles. The van der Waals surface area contributed by atoms with Crippen molar-refractivity contribution in [3.63, 3.8) is 0 Å². The predicted octanol–water partition coefficient (Wildman–Crippen LogP) is 28.3. The summed E-state index contributed by atoms with van der Waals surface area (Å²) in [6.45, 7) is 3.20. The SMILES string of the molecule is CCCCCC(=O)c1c(-c2ccc(Cl)cc2)csc1CC(=O)c1sc2ccccc2c1OCc1ccccc1.O=C(Cc1scc(-c2ccc(Cl)cc2)c1C(=O)O)c1sc2ccccc2c1O.O=C(Cc1scc(-c2ccc(Cl)cc2)c1C(=O)O)c1sc2ccccc2c1OCc1ccccc1.O=C(O)c1sc2ccccc2c1OCc1ccccc1. The number of benzene rings is 10. The first-order valence-electron chi connectivity index (χ1n) is 38.4. The second-order valence-corrected chi connectivity index (χ2v) is 36.2. The van der Waals surface area contributed by atoms with Crippen molar-refractivity contribution in [2.24, 2.45) is 0 Å². The molecule has 17 aromatic rings. The van der Waals surface area contributed by atoms with Crippen molar-refractivity contribution < 1.29 is 68.2 Å². The van der Waals surface area contributed by atoms with Crippen LogP contribution in [0.2, 0.25) is 15.1 Å². The van der Waals surface area contributed by atoms with E-state index >= 15 is 0 Å². The average molecular weight is 1810 g/mol. The van der Waals surface area contributed by atoms with Crippen molar-refractivity contribution in [3.05, 3.63) is 360 Å². The Morgan fingerprint density at radius 2 is 0.615 bits per heavy atom. The minimum absolute atomic E-state index is 0.0194. The second-order valence-electron chi connectivity index (χ2n) is 27.8. The van der Waals surface area contributed by atoms with Gasteiger partial charge in [0, 0.05) is 118 Å². The third-order valence-electron chi connectivity index (χ3n) is 19.6. The summed E-state index contributed by atoms with van der Waals surface area (Å²) in [5, 5.41) is 50.0. The van der Waals surface area contributed by atoms with Gasteiger partial charge in [0.15, 0.2) is 33.8 Å². The fourth-order valence-electron chi connectivity index (χ4n) is 13.6. The van der Waals surface area contributed by atoms with Crippen molar-refractivity contribution in [3.8, 4) is 56.4 Å². The van der Waals surface area contributed by atoms with Gasteiger partial charge in [0.1, 0.15) is 51.7 Å². The summed E-state index contributed by atoms with van der Waals surface area (Å²) >= 11 is 27.3. The van der Waals surface area contributed by atoms with Crippen LogP contribution in [0.25, 0.3) is 73.7 Å². The third kappa shape index (κ3) is 20.7. The number of carboxylic acid groups (broad SMARTS) is 3. The van der Waals surface area contributed by atoms with E-state index in [9.17, 15) is 54.0 Å². The number of carboxylic acids is 3. The van der Waals surface area contributed by atoms with Crippen LogP contribution in [0.5, 0.6) is 23.0 Å². The minimum Gasteiger partial charge on any atom is -0.506 e. The van der Waals surface area contributed by atoms with Crippen molar-refractivity contribution in [2.45, 2.75) is 71.7 Å². The number of rotatable bonds is 29. The van der Waals surface area contributed by atoms with Gasteiger partial charge >= 0.3 is 17.9 Å². The minimum atomic E-state index is -1.09. The largest absolute Gasteiger partial charge is 0.506 e. The molecule has 0 atom stereocenters. The number of fused-ring (bicyclic) bond motifs is 4. The molecule has 0 aliphatic carbocycles. The maximum atomic E-state index is 13.8. The number of aromatic hydroxyl groups is 1. The number of ether oxygens (including phenoxy) is 3. The van der Waals surface area contributed by atoms with E-state index in [1.165, 1.54) is 79.4 Å². The Labute approximate surface area is 744 Å². The highest BCUT2D eigenvalue weighted by Crippen LogP contribution is 2.46. The van der Waals surface area contributed by atoms with E-state index in [1.54, 1.807) is 71.4 Å². The summed E-state index contributed by atoms with van der Waals surface area (Å²) in [5.41, 5.74) is 8.39. The molecule has 0 aliphatic rings. The number of unbranched alkanes of at least 4 members (excludes halogenated alkanes) is 2. The summed E-state index contributed by atoms with van der Waals surface area (Å²) < 4.78 is 21.9. The first-order valence-corrected chi connectivity index (χ1v) is 45.5. The van der Waals surface area contributed by atoms with Gasteiger partial charge in [-0.25, -0.2) is 14.4 Å². The summed E-state index contributed by atoms with van der Waals surface area (Å²) in [4.78, 5) is 92.4. The lowest BCUT2D eigenvalue weighted by Gasteiger charge is -2.10. The van der Waals surface area contributed by atoms with E-state index in [-0.39, 0.29) is 69.0 Å². The molecule has 0 aliphatic heterocycles. The highest BCUT2D eigenvalue weighted by Gasteiger charge is 2.30. The Bertz CT molecular complexity index is 6620. The van der Waals surface area contributed by atoms with Gasteiger partial charge in [-0.05, 0) is 141 Å². The van der Waals surface area contributed by atoms with Crippen molar-refractivity contribution in [1.82, 2.24) is 0 Å². The summed E-state index contributed by atoms with van der Waals surface area (Å²) in [6, 6.07) is 81.3. The Morgan fingerprint density at radius 1 is 0.320 bits per heavy atom. The van der Waals surface area contributed by atoms with Crippen LogP contribution < -0.4 is 14.2 Å². The maximum Gasteiger partial charge on any atom is 0.349 e. The smallest absolute Gasteiger partial charge is 0.349 e. The molecule has 0 unspecified atom stereocenters. The van der Waals surface area contributed by atoms with E-state index in [0.29, 0.717) is 100 Å². The Kier molecular flexibility index (Phi) is 29.0. The fraction of sp³-hybridized carbons (Fsp3) is 0.112. The van der Waals surface area contributed by atoms with Gasteiger partial charge in [-0.1, -0.05) is 230 Å². The molecule has 17 rings (SSSR count). The number of carbonyl (C=O) groups excluding carboxylic acids is 4. The number of halogens is 3. The summed E-state index contributed by atoms with van der Waals surface area (Å²) in [5.74, 6) is -1.92. The van der Waals surface area contributed by atoms with Crippen LogP contribution in [0.15, 0.2) is 277 Å². The summed E-state index contributed by atoms with van der Waals surface area (Å²) in [7, 11) is 0. The standard InChI is InChI=1S/C33H29ClO3S2.C28H19ClO4S2.C21H13ClO4S2.C16H12O3S/c1-2-3-5-13-27(35)31-26(23-15-17-24(34)18-16-23)21-38-30(31)19-28(36)33-32(25-12-8-9-14-29(25)39-33)37-20-22-10-6-4-7-11-22;29-19-12-10-18(11-13-19)21-16-34-24(25(21)28(31)32)14-22(30)27-26(20-8-4-5-9-23(20)35-27)33-15-17-6-2-1-3-7-17;22-12-7-5-11(6-8-12)14-10-27-17(18(14)21(25)26)9-15(23)20-19(24)13-3-1-2-4-16(13)28-20;17-16(18)15-14(12-8-4-5-9-13(12)20-15)19-10-11-6-2-1-3-7-11/h4,6-12,14-18,21H,2-3,5,13,19-20H2,1H3;1-13,16H,14-15H2,(H,31,32);1-8,10,24H,9H2,(H,25,26);1-9H,10H2,(H,17,18). The number of carbonyl (C=O) groups is 7. The van der Waals surface area contributed by atoms with E-state index in [2.05, 4.69) is 6.92 Å². The highest BCUT2D eigenvalue weighted by molar-refractivity contribution is 7.22. The van der Waals surface area contributed by atoms with Gasteiger partial charge in [0.05, 0.1) is 11.1 Å². The lowest BCUT2D eigenvalue weighted by molar-refractivity contribution is 0.0686. The molecule has 7 heterocycles. The average Bonchev–Trinajstić information content (AvgIpc) is 1.65. The Morgan fingerprint density at radius 3 is 0.959 bits per heavy atom. The molecule has 0 spiro atoms. The van der Waals surface area contributed by atoms with Gasteiger partial charge in [0.2, 0.25) is 0 Å². The molecule has 0 amide bonds. The Balaban J connectivity index is 0.000000136. The number of thiophene rings is 7. The molecule has 7 aromatic heterocycles. The van der Waals surface area contributed by atoms with Crippen LogP contribution in [0.1, 0.15) is 134 Å². The summed E-state index contributed by atoms with van der Waals surface area (Å²) in [6.07, 6.45) is 3.41.